The van der Waals surface area contributed by atoms with Gasteiger partial charge >= 0.3 is 6.03 Å². The number of nitrogens with one attached hydrogen (secondary N) is 2. The number of rotatable bonds is 6. The average molecular weight is 447 g/mol. The fourth-order valence-corrected chi connectivity index (χ4v) is 4.46. The van der Waals surface area contributed by atoms with E-state index in [4.69, 9.17) is 0 Å². The van der Waals surface area contributed by atoms with E-state index in [-0.39, 0.29) is 17.9 Å². The molecule has 0 bridgehead atoms. The molecule has 1 aliphatic rings. The zero-order valence-electron chi connectivity index (χ0n) is 17.7. The van der Waals surface area contributed by atoms with Crippen LogP contribution in [0.2, 0.25) is 0 Å². The molecule has 4 rings (SSSR count). The number of carbonyl (C=O) groups is 2. The van der Waals surface area contributed by atoms with Crippen molar-refractivity contribution in [1.29, 1.82) is 0 Å². The Morgan fingerprint density at radius 3 is 2.50 bits per heavy atom. The first kappa shape index (κ1) is 21.9. The van der Waals surface area contributed by atoms with Crippen LogP contribution in [0.15, 0.2) is 84.0 Å². The van der Waals surface area contributed by atoms with Gasteiger partial charge in [0.1, 0.15) is 0 Å². The van der Waals surface area contributed by atoms with Crippen molar-refractivity contribution in [2.24, 2.45) is 5.92 Å². The quantitative estimate of drug-likeness (QED) is 0.507. The zero-order chi connectivity index (χ0) is 22.2. The first-order valence-corrected chi connectivity index (χ1v) is 11.7. The van der Waals surface area contributed by atoms with Crippen LogP contribution < -0.4 is 10.6 Å². The zero-order valence-corrected chi connectivity index (χ0v) is 18.6. The summed E-state index contributed by atoms with van der Waals surface area (Å²) in [6, 6.07) is 21.1. The van der Waals surface area contributed by atoms with Crippen LogP contribution in [0.5, 0.6) is 0 Å². The van der Waals surface area contributed by atoms with E-state index in [2.05, 4.69) is 21.7 Å². The highest BCUT2D eigenvalue weighted by Crippen LogP contribution is 2.25. The van der Waals surface area contributed by atoms with Crippen molar-refractivity contribution >= 4 is 35.1 Å². The molecule has 1 saturated heterocycles. The summed E-state index contributed by atoms with van der Waals surface area (Å²) in [5, 5.41) is 5.91. The second-order valence-corrected chi connectivity index (χ2v) is 8.79. The Balaban J connectivity index is 1.28. The second kappa shape index (κ2) is 10.8. The molecule has 1 unspecified atom stereocenters. The highest BCUT2D eigenvalue weighted by molar-refractivity contribution is 7.98. The van der Waals surface area contributed by atoms with Crippen LogP contribution in [-0.4, -0.2) is 34.9 Å². The number of hydrogen-bond donors (Lipinski definition) is 2. The number of aromatic nitrogens is 1. The number of amides is 3. The predicted molar refractivity (Wildman–Crippen MR) is 129 cm³/mol. The standard InChI is InChI=1S/C25H26N4O2S/c30-24(20-7-5-15-29(17-20)25(31)28-21-8-2-1-3-9-21)27-22-10-12-23(13-11-22)32-18-19-6-4-14-26-16-19/h1-4,6,8-14,16,20H,5,7,15,17-18H2,(H,27,30)(H,28,31). The van der Waals surface area contributed by atoms with Crippen molar-refractivity contribution in [2.45, 2.75) is 23.5 Å². The number of nitrogens with zero attached hydrogens (tertiary/aromatic N) is 2. The van der Waals surface area contributed by atoms with Crippen molar-refractivity contribution < 1.29 is 9.59 Å². The van der Waals surface area contributed by atoms with E-state index in [9.17, 15) is 9.59 Å². The molecule has 3 amide bonds. The number of piperidine rings is 1. The summed E-state index contributed by atoms with van der Waals surface area (Å²) >= 11 is 1.73. The molecule has 0 saturated carbocycles. The third-order valence-electron chi connectivity index (χ3n) is 5.35. The molecule has 32 heavy (non-hydrogen) atoms. The van der Waals surface area contributed by atoms with E-state index in [1.54, 1.807) is 22.9 Å². The lowest BCUT2D eigenvalue weighted by Crippen LogP contribution is -2.45. The maximum absolute atomic E-state index is 12.8. The normalized spacial score (nSPS) is 15.8. The average Bonchev–Trinajstić information content (AvgIpc) is 2.85. The topological polar surface area (TPSA) is 74.3 Å². The van der Waals surface area contributed by atoms with Crippen molar-refractivity contribution in [1.82, 2.24) is 9.88 Å². The fraction of sp³-hybridized carbons (Fsp3) is 0.240. The minimum atomic E-state index is -0.218. The summed E-state index contributed by atoms with van der Waals surface area (Å²) in [4.78, 5) is 32.4. The molecule has 0 radical (unpaired) electrons. The number of thioether (sulfide) groups is 1. The van der Waals surface area contributed by atoms with E-state index in [1.165, 1.54) is 5.56 Å². The molecule has 0 aliphatic carbocycles. The third kappa shape index (κ3) is 6.11. The second-order valence-electron chi connectivity index (χ2n) is 7.74. The molecule has 164 valence electrons. The minimum absolute atomic E-state index is 0.0435. The lowest BCUT2D eigenvalue weighted by molar-refractivity contribution is -0.121. The third-order valence-corrected chi connectivity index (χ3v) is 6.44. The van der Waals surface area contributed by atoms with Crippen LogP contribution in [0.4, 0.5) is 16.2 Å². The van der Waals surface area contributed by atoms with Crippen LogP contribution in [-0.2, 0) is 10.5 Å². The molecule has 2 N–H and O–H groups in total. The predicted octanol–water partition coefficient (Wildman–Crippen LogP) is 5.26. The Morgan fingerprint density at radius 2 is 1.75 bits per heavy atom. The Kier molecular flexibility index (Phi) is 7.40. The van der Waals surface area contributed by atoms with Crippen molar-refractivity contribution in [3.63, 3.8) is 0 Å². The maximum Gasteiger partial charge on any atom is 0.321 e. The van der Waals surface area contributed by atoms with Gasteiger partial charge in [-0.15, -0.1) is 11.8 Å². The van der Waals surface area contributed by atoms with Gasteiger partial charge in [0.15, 0.2) is 0 Å². The van der Waals surface area contributed by atoms with E-state index < -0.39 is 0 Å². The summed E-state index contributed by atoms with van der Waals surface area (Å²) < 4.78 is 0. The van der Waals surface area contributed by atoms with Gasteiger partial charge in [-0.3, -0.25) is 9.78 Å². The Labute approximate surface area is 192 Å². The number of benzene rings is 2. The number of likely N-dealkylation sites (tertiary alicyclic amines) is 1. The number of para-hydroxylation sites is 1. The van der Waals surface area contributed by atoms with Gasteiger partial charge in [-0.25, -0.2) is 4.79 Å². The van der Waals surface area contributed by atoms with Crippen molar-refractivity contribution in [3.8, 4) is 0 Å². The summed E-state index contributed by atoms with van der Waals surface area (Å²) in [5.41, 5.74) is 2.70. The SMILES string of the molecule is O=C(Nc1ccc(SCc2cccnc2)cc1)C1CCCN(C(=O)Nc2ccccc2)C1. The minimum Gasteiger partial charge on any atom is -0.326 e. The summed E-state index contributed by atoms with van der Waals surface area (Å²) in [6.07, 6.45) is 5.23. The van der Waals surface area contributed by atoms with Crippen LogP contribution in [0.3, 0.4) is 0 Å². The summed E-state index contributed by atoms with van der Waals surface area (Å²) in [5.74, 6) is 0.588. The van der Waals surface area contributed by atoms with E-state index in [1.807, 2.05) is 66.9 Å². The molecule has 6 nitrogen and oxygen atoms in total. The van der Waals surface area contributed by atoms with E-state index in [0.717, 1.165) is 34.9 Å². The number of hydrogen-bond acceptors (Lipinski definition) is 4. The molecule has 0 spiro atoms. The Bertz CT molecular complexity index is 1030. The number of carbonyl (C=O) groups excluding carboxylic acids is 2. The highest BCUT2D eigenvalue weighted by Gasteiger charge is 2.28. The molecule has 2 aromatic carbocycles. The molecule has 1 aliphatic heterocycles. The largest absolute Gasteiger partial charge is 0.326 e. The van der Waals surface area contributed by atoms with Gasteiger partial charge in [-0.2, -0.15) is 0 Å². The molecule has 1 fully saturated rings. The van der Waals surface area contributed by atoms with Crippen LogP contribution in [0, 0.1) is 5.92 Å². The van der Waals surface area contributed by atoms with Gasteiger partial charge in [-0.05, 0) is 60.9 Å². The van der Waals surface area contributed by atoms with Crippen LogP contribution in [0.25, 0.3) is 0 Å². The molecular weight excluding hydrogens is 420 g/mol. The maximum atomic E-state index is 12.8. The van der Waals surface area contributed by atoms with Crippen molar-refractivity contribution in [3.05, 3.63) is 84.7 Å². The fourth-order valence-electron chi connectivity index (χ4n) is 3.63. The lowest BCUT2D eigenvalue weighted by atomic mass is 9.97. The monoisotopic (exact) mass is 446 g/mol. The van der Waals surface area contributed by atoms with Gasteiger partial charge < -0.3 is 15.5 Å². The molecule has 1 aromatic heterocycles. The summed E-state index contributed by atoms with van der Waals surface area (Å²) in [7, 11) is 0. The molecule has 2 heterocycles. The van der Waals surface area contributed by atoms with Crippen LogP contribution >= 0.6 is 11.8 Å². The molecule has 1 atom stereocenters. The van der Waals surface area contributed by atoms with Crippen LogP contribution in [0.1, 0.15) is 18.4 Å². The van der Waals surface area contributed by atoms with Gasteiger partial charge in [0.2, 0.25) is 5.91 Å². The van der Waals surface area contributed by atoms with Gasteiger partial charge in [-0.1, -0.05) is 24.3 Å². The Hall–Kier alpha value is -3.32. The lowest BCUT2D eigenvalue weighted by Gasteiger charge is -2.32. The summed E-state index contributed by atoms with van der Waals surface area (Å²) in [6.45, 7) is 1.08. The molecular formula is C25H26N4O2S. The first-order chi connectivity index (χ1) is 15.7. The molecule has 7 heteroatoms. The van der Waals surface area contributed by atoms with E-state index in [0.29, 0.717) is 13.1 Å². The first-order valence-electron chi connectivity index (χ1n) is 10.7. The number of pyridine rings is 1. The Morgan fingerprint density at radius 1 is 0.969 bits per heavy atom. The van der Waals surface area contributed by atoms with Gasteiger partial charge in [0.05, 0.1) is 5.92 Å². The van der Waals surface area contributed by atoms with Crippen molar-refractivity contribution in [2.75, 3.05) is 23.7 Å². The van der Waals surface area contributed by atoms with Gasteiger partial charge in [0, 0.05) is 47.5 Å². The van der Waals surface area contributed by atoms with E-state index >= 15 is 0 Å². The number of anilines is 2. The number of urea groups is 1. The highest BCUT2D eigenvalue weighted by atomic mass is 32.2. The molecule has 3 aromatic rings. The smallest absolute Gasteiger partial charge is 0.321 e. The van der Waals surface area contributed by atoms with Gasteiger partial charge in [0.25, 0.3) is 0 Å².